The lowest BCUT2D eigenvalue weighted by Crippen LogP contribution is -2.17. The summed E-state index contributed by atoms with van der Waals surface area (Å²) in [7, 11) is 0. The SMILES string of the molecule is CC(C)Cc1ccc(-c2cc(C(=O)N/N=C/c3ccccc3)[nH]n2)cc1. The van der Waals surface area contributed by atoms with E-state index in [9.17, 15) is 4.79 Å². The summed E-state index contributed by atoms with van der Waals surface area (Å²) < 4.78 is 0. The van der Waals surface area contributed by atoms with E-state index in [-0.39, 0.29) is 5.91 Å². The molecule has 5 nitrogen and oxygen atoms in total. The molecule has 0 fully saturated rings. The fourth-order valence-corrected chi connectivity index (χ4v) is 2.63. The van der Waals surface area contributed by atoms with Crippen LogP contribution >= 0.6 is 0 Å². The first kappa shape index (κ1) is 17.6. The van der Waals surface area contributed by atoms with Crippen LogP contribution in [0.25, 0.3) is 11.3 Å². The van der Waals surface area contributed by atoms with Crippen LogP contribution in [0.15, 0.2) is 65.8 Å². The minimum absolute atomic E-state index is 0.327. The van der Waals surface area contributed by atoms with Crippen molar-refractivity contribution in [1.29, 1.82) is 0 Å². The molecule has 1 heterocycles. The molecule has 3 rings (SSSR count). The second kappa shape index (κ2) is 8.25. The van der Waals surface area contributed by atoms with E-state index in [1.54, 1.807) is 12.3 Å². The van der Waals surface area contributed by atoms with Crippen LogP contribution < -0.4 is 5.43 Å². The summed E-state index contributed by atoms with van der Waals surface area (Å²) in [6, 6.07) is 19.6. The zero-order valence-corrected chi connectivity index (χ0v) is 14.9. The number of hydrazone groups is 1. The third-order valence-electron chi connectivity index (χ3n) is 3.90. The van der Waals surface area contributed by atoms with Gasteiger partial charge in [0.25, 0.3) is 5.91 Å². The molecule has 2 N–H and O–H groups in total. The molecule has 5 heteroatoms. The van der Waals surface area contributed by atoms with Gasteiger partial charge in [0.1, 0.15) is 5.69 Å². The van der Waals surface area contributed by atoms with Crippen LogP contribution in [0, 0.1) is 5.92 Å². The third kappa shape index (κ3) is 4.66. The van der Waals surface area contributed by atoms with E-state index in [0.29, 0.717) is 11.6 Å². The molecule has 0 aliphatic rings. The van der Waals surface area contributed by atoms with E-state index < -0.39 is 0 Å². The zero-order chi connectivity index (χ0) is 18.4. The highest BCUT2D eigenvalue weighted by Gasteiger charge is 2.10. The van der Waals surface area contributed by atoms with Crippen LogP contribution in [0.2, 0.25) is 0 Å². The average molecular weight is 346 g/mol. The summed E-state index contributed by atoms with van der Waals surface area (Å²) in [6.45, 7) is 4.40. The van der Waals surface area contributed by atoms with Gasteiger partial charge in [-0.05, 0) is 29.5 Å². The maximum Gasteiger partial charge on any atom is 0.289 e. The molecule has 0 saturated heterocycles. The van der Waals surface area contributed by atoms with Gasteiger partial charge in [0.15, 0.2) is 0 Å². The molecule has 1 aromatic heterocycles. The predicted molar refractivity (Wildman–Crippen MR) is 104 cm³/mol. The van der Waals surface area contributed by atoms with Crippen LogP contribution in [0.1, 0.15) is 35.5 Å². The standard InChI is InChI=1S/C21H22N4O/c1-15(2)12-16-8-10-18(11-9-16)19-13-20(24-23-19)21(26)25-22-14-17-6-4-3-5-7-17/h3-11,13-15H,12H2,1-2H3,(H,23,24)(H,25,26)/b22-14+. The summed E-state index contributed by atoms with van der Waals surface area (Å²) in [4.78, 5) is 12.2. The Morgan fingerprint density at radius 3 is 2.58 bits per heavy atom. The molecule has 0 aliphatic carbocycles. The second-order valence-electron chi connectivity index (χ2n) is 6.57. The number of hydrogen-bond donors (Lipinski definition) is 2. The van der Waals surface area contributed by atoms with Crippen molar-refractivity contribution in [2.75, 3.05) is 0 Å². The van der Waals surface area contributed by atoms with Crippen molar-refractivity contribution in [1.82, 2.24) is 15.6 Å². The van der Waals surface area contributed by atoms with Gasteiger partial charge < -0.3 is 0 Å². The van der Waals surface area contributed by atoms with Crippen molar-refractivity contribution in [2.45, 2.75) is 20.3 Å². The van der Waals surface area contributed by atoms with Gasteiger partial charge in [-0.25, -0.2) is 5.43 Å². The van der Waals surface area contributed by atoms with Gasteiger partial charge in [-0.15, -0.1) is 0 Å². The number of H-pyrrole nitrogens is 1. The maximum atomic E-state index is 12.2. The number of nitrogens with zero attached hydrogens (tertiary/aromatic N) is 2. The number of carbonyl (C=O) groups is 1. The maximum absolute atomic E-state index is 12.2. The van der Waals surface area contributed by atoms with Crippen molar-refractivity contribution in [3.63, 3.8) is 0 Å². The van der Waals surface area contributed by atoms with E-state index in [0.717, 1.165) is 23.2 Å². The van der Waals surface area contributed by atoms with Gasteiger partial charge in [0, 0.05) is 5.56 Å². The molecule has 0 atom stereocenters. The highest BCUT2D eigenvalue weighted by molar-refractivity contribution is 5.94. The molecular weight excluding hydrogens is 324 g/mol. The molecule has 132 valence electrons. The van der Waals surface area contributed by atoms with E-state index in [4.69, 9.17) is 0 Å². The minimum Gasteiger partial charge on any atom is -0.272 e. The zero-order valence-electron chi connectivity index (χ0n) is 14.9. The Hall–Kier alpha value is -3.21. The van der Waals surface area contributed by atoms with Gasteiger partial charge in [-0.2, -0.15) is 10.2 Å². The van der Waals surface area contributed by atoms with Crippen molar-refractivity contribution < 1.29 is 4.79 Å². The Labute approximate surface area is 153 Å². The number of nitrogens with one attached hydrogen (secondary N) is 2. The highest BCUT2D eigenvalue weighted by Crippen LogP contribution is 2.19. The van der Waals surface area contributed by atoms with Gasteiger partial charge >= 0.3 is 0 Å². The Kier molecular flexibility index (Phi) is 5.59. The molecule has 0 saturated carbocycles. The van der Waals surface area contributed by atoms with Crippen molar-refractivity contribution >= 4 is 12.1 Å². The number of hydrogen-bond acceptors (Lipinski definition) is 3. The lowest BCUT2D eigenvalue weighted by molar-refractivity contribution is 0.0950. The molecule has 2 aromatic carbocycles. The normalized spacial score (nSPS) is 11.2. The Balaban J connectivity index is 1.63. The Bertz CT molecular complexity index is 880. The van der Waals surface area contributed by atoms with Crippen LogP contribution in [0.3, 0.4) is 0 Å². The topological polar surface area (TPSA) is 70.1 Å². The van der Waals surface area contributed by atoms with Gasteiger partial charge in [0.2, 0.25) is 0 Å². The van der Waals surface area contributed by atoms with Crippen LogP contribution in [-0.2, 0) is 6.42 Å². The highest BCUT2D eigenvalue weighted by atomic mass is 16.2. The average Bonchev–Trinajstić information content (AvgIpc) is 3.13. The monoisotopic (exact) mass is 346 g/mol. The first-order chi connectivity index (χ1) is 12.6. The van der Waals surface area contributed by atoms with E-state index in [1.165, 1.54) is 5.56 Å². The van der Waals surface area contributed by atoms with Crippen LogP contribution in [0.5, 0.6) is 0 Å². The Morgan fingerprint density at radius 2 is 1.88 bits per heavy atom. The second-order valence-corrected chi connectivity index (χ2v) is 6.57. The molecule has 0 unspecified atom stereocenters. The van der Waals surface area contributed by atoms with E-state index >= 15 is 0 Å². The summed E-state index contributed by atoms with van der Waals surface area (Å²) >= 11 is 0. The quantitative estimate of drug-likeness (QED) is 0.522. The fourth-order valence-electron chi connectivity index (χ4n) is 2.63. The number of aromatic nitrogens is 2. The van der Waals surface area contributed by atoms with Crippen LogP contribution in [-0.4, -0.2) is 22.3 Å². The molecule has 0 radical (unpaired) electrons. The predicted octanol–water partition coefficient (Wildman–Crippen LogP) is 4.04. The number of amides is 1. The smallest absolute Gasteiger partial charge is 0.272 e. The molecule has 1 amide bonds. The lowest BCUT2D eigenvalue weighted by atomic mass is 10.0. The van der Waals surface area contributed by atoms with Gasteiger partial charge in [0.05, 0.1) is 11.9 Å². The first-order valence-corrected chi connectivity index (χ1v) is 8.65. The number of carbonyl (C=O) groups excluding carboxylic acids is 1. The number of benzene rings is 2. The van der Waals surface area contributed by atoms with Gasteiger partial charge in [-0.3, -0.25) is 9.89 Å². The van der Waals surface area contributed by atoms with Crippen LogP contribution in [0.4, 0.5) is 0 Å². The summed E-state index contributed by atoms with van der Waals surface area (Å²) in [5.41, 5.74) is 6.80. The largest absolute Gasteiger partial charge is 0.289 e. The molecule has 0 spiro atoms. The molecular formula is C21H22N4O. The van der Waals surface area contributed by atoms with Crippen molar-refractivity contribution in [3.05, 3.63) is 77.5 Å². The van der Waals surface area contributed by atoms with Crippen molar-refractivity contribution in [3.8, 4) is 11.3 Å². The molecule has 0 bridgehead atoms. The summed E-state index contributed by atoms with van der Waals surface area (Å²) in [5, 5.41) is 11.0. The van der Waals surface area contributed by atoms with Crippen molar-refractivity contribution in [2.24, 2.45) is 11.0 Å². The van der Waals surface area contributed by atoms with Gasteiger partial charge in [-0.1, -0.05) is 68.4 Å². The summed E-state index contributed by atoms with van der Waals surface area (Å²) in [5.74, 6) is 0.297. The third-order valence-corrected chi connectivity index (χ3v) is 3.90. The van der Waals surface area contributed by atoms with E-state index in [1.807, 2.05) is 42.5 Å². The Morgan fingerprint density at radius 1 is 1.15 bits per heavy atom. The van der Waals surface area contributed by atoms with E-state index in [2.05, 4.69) is 46.7 Å². The number of rotatable bonds is 6. The first-order valence-electron chi connectivity index (χ1n) is 8.65. The fraction of sp³-hybridized carbons (Fsp3) is 0.190. The molecule has 3 aromatic rings. The minimum atomic E-state index is -0.327. The number of aromatic amines is 1. The molecule has 26 heavy (non-hydrogen) atoms. The summed E-state index contributed by atoms with van der Waals surface area (Å²) in [6.07, 6.45) is 2.65. The molecule has 0 aliphatic heterocycles. The lowest BCUT2D eigenvalue weighted by Gasteiger charge is -2.05.